The maximum atomic E-state index is 13.0. The second kappa shape index (κ2) is 32.1. The topological polar surface area (TPSA) is 89.9 Å². The Morgan fingerprint density at radius 2 is 0.826 bits per heavy atom. The summed E-state index contributed by atoms with van der Waals surface area (Å²) in [6.45, 7) is 7.32. The van der Waals surface area contributed by atoms with Crippen molar-refractivity contribution in [3.8, 4) is 0 Å². The zero-order valence-electron chi connectivity index (χ0n) is 31.0. The van der Waals surface area contributed by atoms with Gasteiger partial charge in [-0.1, -0.05) is 187 Å². The molecule has 0 aliphatic rings. The van der Waals surface area contributed by atoms with Gasteiger partial charge in [-0.2, -0.15) is 0 Å². The molecule has 0 aliphatic carbocycles. The Hall–Kier alpha value is -1.43. The van der Waals surface area contributed by atoms with Crippen molar-refractivity contribution < 1.29 is 29.0 Å². The van der Waals surface area contributed by atoms with E-state index in [1.54, 1.807) is 0 Å². The zero-order valence-corrected chi connectivity index (χ0v) is 31.0. The van der Waals surface area contributed by atoms with Gasteiger partial charge in [0.25, 0.3) is 0 Å². The van der Waals surface area contributed by atoms with E-state index in [9.17, 15) is 19.5 Å². The van der Waals surface area contributed by atoms with Gasteiger partial charge in [-0.25, -0.2) is 9.59 Å². The fourth-order valence-electron chi connectivity index (χ4n) is 6.06. The van der Waals surface area contributed by atoms with Crippen LogP contribution in [-0.4, -0.2) is 34.7 Å². The number of rotatable bonds is 34. The molecule has 0 spiro atoms. The lowest BCUT2D eigenvalue weighted by Crippen LogP contribution is -2.44. The van der Waals surface area contributed by atoms with Gasteiger partial charge in [-0.3, -0.25) is 4.79 Å². The van der Waals surface area contributed by atoms with Crippen molar-refractivity contribution in [2.45, 2.75) is 238 Å². The summed E-state index contributed by atoms with van der Waals surface area (Å²) >= 11 is 0. The third-order valence-electron chi connectivity index (χ3n) is 9.30. The molecule has 6 heteroatoms. The van der Waals surface area contributed by atoms with Crippen LogP contribution in [0.5, 0.6) is 0 Å². The Balaban J connectivity index is 4.09. The van der Waals surface area contributed by atoms with Crippen molar-refractivity contribution in [3.63, 3.8) is 0 Å². The number of ether oxygens (including phenoxy) is 2. The molecular formula is C40H76O6. The third-order valence-corrected chi connectivity index (χ3v) is 9.30. The molecule has 0 amide bonds. The highest BCUT2D eigenvalue weighted by Crippen LogP contribution is 2.24. The minimum absolute atomic E-state index is 0.184. The van der Waals surface area contributed by atoms with Crippen molar-refractivity contribution in [1.29, 1.82) is 0 Å². The smallest absolute Gasteiger partial charge is 0.357 e. The quantitative estimate of drug-likeness (QED) is 0.0422. The Bertz CT molecular complexity index is 721. The molecule has 6 nitrogen and oxygen atoms in total. The van der Waals surface area contributed by atoms with Gasteiger partial charge < -0.3 is 14.6 Å². The lowest BCUT2D eigenvalue weighted by atomic mass is 9.96. The second-order valence-electron chi connectivity index (χ2n) is 14.1. The summed E-state index contributed by atoms with van der Waals surface area (Å²) in [6, 6.07) is 0. The molecule has 1 N–H and O–H groups in total. The highest BCUT2D eigenvalue weighted by atomic mass is 16.6. The van der Waals surface area contributed by atoms with Crippen LogP contribution in [0.15, 0.2) is 0 Å². The van der Waals surface area contributed by atoms with Crippen LogP contribution in [0.25, 0.3) is 0 Å². The van der Waals surface area contributed by atoms with Crippen LogP contribution in [0.1, 0.15) is 227 Å². The lowest BCUT2D eigenvalue weighted by Gasteiger charge is -2.27. The Kier molecular flexibility index (Phi) is 31.1. The van der Waals surface area contributed by atoms with Crippen LogP contribution in [-0.2, 0) is 23.9 Å². The van der Waals surface area contributed by atoms with Crippen LogP contribution in [0.4, 0.5) is 0 Å². The molecule has 2 unspecified atom stereocenters. The van der Waals surface area contributed by atoms with Crippen molar-refractivity contribution >= 4 is 17.9 Å². The minimum Gasteiger partial charge on any atom is -0.445 e. The zero-order chi connectivity index (χ0) is 34.1. The first-order chi connectivity index (χ1) is 22.3. The van der Waals surface area contributed by atoms with Gasteiger partial charge in [0.1, 0.15) is 6.10 Å². The number of carbonyl (C=O) groups excluding carboxylic acids is 3. The Labute approximate surface area is 284 Å². The molecule has 0 fully saturated rings. The molecular weight excluding hydrogens is 576 g/mol. The van der Waals surface area contributed by atoms with E-state index >= 15 is 0 Å². The summed E-state index contributed by atoms with van der Waals surface area (Å²) in [7, 11) is 0. The van der Waals surface area contributed by atoms with E-state index < -0.39 is 29.6 Å². The Morgan fingerprint density at radius 3 is 1.15 bits per heavy atom. The van der Waals surface area contributed by atoms with Gasteiger partial charge in [0, 0.05) is 6.42 Å². The van der Waals surface area contributed by atoms with Gasteiger partial charge in [-0.05, 0) is 33.1 Å². The standard InChI is InChI=1S/C40H76O6/c1-5-7-9-11-13-15-17-19-21-22-24-26-28-30-32-34-37(42)45-39(44)40(4,46-38(43)36(3)41)35-33-31-29-27-25-23-20-18-16-14-12-10-8-6-2/h36,41H,5-35H2,1-4H3. The van der Waals surface area contributed by atoms with E-state index in [0.717, 1.165) is 32.1 Å². The van der Waals surface area contributed by atoms with Crippen LogP contribution in [0, 0.1) is 0 Å². The molecule has 0 saturated carbocycles. The van der Waals surface area contributed by atoms with Crippen molar-refractivity contribution in [2.75, 3.05) is 0 Å². The maximum absolute atomic E-state index is 13.0. The lowest BCUT2D eigenvalue weighted by molar-refractivity contribution is -0.189. The molecule has 272 valence electrons. The molecule has 0 aromatic rings. The van der Waals surface area contributed by atoms with E-state index in [-0.39, 0.29) is 12.8 Å². The Morgan fingerprint density at radius 1 is 0.522 bits per heavy atom. The van der Waals surface area contributed by atoms with Crippen LogP contribution >= 0.6 is 0 Å². The monoisotopic (exact) mass is 653 g/mol. The average molecular weight is 653 g/mol. The number of carbonyl (C=O) groups is 3. The van der Waals surface area contributed by atoms with E-state index in [4.69, 9.17) is 9.47 Å². The number of aliphatic hydroxyl groups is 1. The largest absolute Gasteiger partial charge is 0.445 e. The summed E-state index contributed by atoms with van der Waals surface area (Å²) in [4.78, 5) is 37.5. The van der Waals surface area contributed by atoms with Gasteiger partial charge in [-0.15, -0.1) is 0 Å². The van der Waals surface area contributed by atoms with Gasteiger partial charge in [0.05, 0.1) is 0 Å². The van der Waals surface area contributed by atoms with E-state index in [1.165, 1.54) is 155 Å². The fourth-order valence-corrected chi connectivity index (χ4v) is 6.06. The number of hydrogen-bond acceptors (Lipinski definition) is 6. The van der Waals surface area contributed by atoms with Crippen LogP contribution in [0.2, 0.25) is 0 Å². The SMILES string of the molecule is CCCCCCCCCCCCCCCCCC(=O)OC(=O)C(C)(CCCCCCCCCCCCCCCC)OC(=O)C(C)O. The molecule has 2 atom stereocenters. The highest BCUT2D eigenvalue weighted by molar-refractivity contribution is 5.92. The van der Waals surface area contributed by atoms with Crippen molar-refractivity contribution in [1.82, 2.24) is 0 Å². The van der Waals surface area contributed by atoms with E-state index in [0.29, 0.717) is 12.8 Å². The van der Waals surface area contributed by atoms with Gasteiger partial charge in [0.15, 0.2) is 0 Å². The molecule has 0 heterocycles. The van der Waals surface area contributed by atoms with Crippen molar-refractivity contribution in [2.24, 2.45) is 0 Å². The summed E-state index contributed by atoms with van der Waals surface area (Å²) in [5, 5.41) is 9.65. The number of unbranched alkanes of at least 4 members (excludes halogenated alkanes) is 27. The third kappa shape index (κ3) is 27.7. The fraction of sp³-hybridized carbons (Fsp3) is 0.925. The predicted molar refractivity (Wildman–Crippen MR) is 192 cm³/mol. The normalized spacial score (nSPS) is 13.3. The second-order valence-corrected chi connectivity index (χ2v) is 14.1. The molecule has 46 heavy (non-hydrogen) atoms. The van der Waals surface area contributed by atoms with Crippen LogP contribution < -0.4 is 0 Å². The van der Waals surface area contributed by atoms with Crippen LogP contribution in [0.3, 0.4) is 0 Å². The average Bonchev–Trinajstić information content (AvgIpc) is 3.02. The minimum atomic E-state index is -1.57. The first-order valence-corrected chi connectivity index (χ1v) is 19.9. The molecule has 0 rings (SSSR count). The maximum Gasteiger partial charge on any atom is 0.357 e. The summed E-state index contributed by atoms with van der Waals surface area (Å²) < 4.78 is 10.5. The molecule has 0 radical (unpaired) electrons. The molecule has 0 aromatic carbocycles. The number of aliphatic hydroxyl groups excluding tert-OH is 1. The van der Waals surface area contributed by atoms with Gasteiger partial charge in [0.2, 0.25) is 5.60 Å². The van der Waals surface area contributed by atoms with E-state index in [2.05, 4.69) is 13.8 Å². The first kappa shape index (κ1) is 44.6. The number of esters is 3. The highest BCUT2D eigenvalue weighted by Gasteiger charge is 2.40. The molecule has 0 aromatic heterocycles. The molecule has 0 bridgehead atoms. The predicted octanol–water partition coefficient (Wildman–Crippen LogP) is 11.9. The van der Waals surface area contributed by atoms with Crippen molar-refractivity contribution in [3.05, 3.63) is 0 Å². The first-order valence-electron chi connectivity index (χ1n) is 19.9. The van der Waals surface area contributed by atoms with E-state index in [1.807, 2.05) is 0 Å². The summed E-state index contributed by atoms with van der Waals surface area (Å²) in [6.07, 6.45) is 34.9. The summed E-state index contributed by atoms with van der Waals surface area (Å²) in [5.74, 6) is -2.28. The van der Waals surface area contributed by atoms with Gasteiger partial charge >= 0.3 is 17.9 Å². The summed E-state index contributed by atoms with van der Waals surface area (Å²) in [5.41, 5.74) is -1.57. The molecule has 0 saturated heterocycles. The molecule has 0 aliphatic heterocycles. The number of hydrogen-bond donors (Lipinski definition) is 1.